The summed E-state index contributed by atoms with van der Waals surface area (Å²) in [6, 6.07) is 3.31. The maximum atomic E-state index is 12.4. The molecule has 1 amide bonds. The van der Waals surface area contributed by atoms with E-state index >= 15 is 0 Å². The Labute approximate surface area is 186 Å². The second kappa shape index (κ2) is 10.7. The summed E-state index contributed by atoms with van der Waals surface area (Å²) in [6.07, 6.45) is 6.24. The van der Waals surface area contributed by atoms with Gasteiger partial charge in [0.1, 0.15) is 10.7 Å². The molecule has 1 atom stereocenters. The lowest BCUT2D eigenvalue weighted by Gasteiger charge is -2.26. The van der Waals surface area contributed by atoms with E-state index in [0.29, 0.717) is 47.4 Å². The van der Waals surface area contributed by atoms with Crippen molar-refractivity contribution in [2.75, 3.05) is 26.8 Å². The van der Waals surface area contributed by atoms with Crippen LogP contribution in [-0.2, 0) is 6.54 Å². The summed E-state index contributed by atoms with van der Waals surface area (Å²) in [5.74, 6) is 0.610. The molecule has 2 N–H and O–H groups in total. The largest absolute Gasteiger partial charge is 0.476 e. The summed E-state index contributed by atoms with van der Waals surface area (Å²) in [5, 5.41) is 12.0. The van der Waals surface area contributed by atoms with Gasteiger partial charge in [0.2, 0.25) is 5.88 Å². The molecule has 2 aromatic heterocycles. The van der Waals surface area contributed by atoms with Gasteiger partial charge in [0.15, 0.2) is 6.29 Å². The van der Waals surface area contributed by atoms with Crippen LogP contribution in [0, 0.1) is 5.92 Å². The minimum atomic E-state index is -0.435. The molecular formula is C22H27ClN4O4. The molecule has 1 aliphatic rings. The number of carbonyl (C=O) groups is 2. The number of rotatable bonds is 11. The zero-order chi connectivity index (χ0) is 22.4. The third-order valence-corrected chi connectivity index (χ3v) is 5.63. The lowest BCUT2D eigenvalue weighted by molar-refractivity contribution is 0.0937. The van der Waals surface area contributed by atoms with Gasteiger partial charge in [-0.25, -0.2) is 4.98 Å². The number of ether oxygens (including phenoxy) is 1. The molecule has 9 heteroatoms. The minimum absolute atomic E-state index is 0.101. The van der Waals surface area contributed by atoms with Crippen LogP contribution in [0.15, 0.2) is 24.5 Å². The smallest absolute Gasteiger partial charge is 0.270 e. The first-order valence-electron chi connectivity index (χ1n) is 10.2. The zero-order valence-electron chi connectivity index (χ0n) is 17.7. The minimum Gasteiger partial charge on any atom is -0.476 e. The number of amides is 1. The first-order chi connectivity index (χ1) is 14.9. The van der Waals surface area contributed by atoms with Gasteiger partial charge in [-0.1, -0.05) is 11.6 Å². The van der Waals surface area contributed by atoms with Crippen molar-refractivity contribution in [2.45, 2.75) is 32.4 Å². The lowest BCUT2D eigenvalue weighted by Crippen LogP contribution is -2.30. The number of aliphatic hydroxyl groups excluding tert-OH is 1. The number of nitrogens with one attached hydrogen (secondary N) is 1. The SMILES string of the molecule is CC(c1cnc(OCC2CC2)c(Cl)c1)N(C)Cc1c(C=O)ccnc1C(=O)NCCO. The van der Waals surface area contributed by atoms with Crippen LogP contribution >= 0.6 is 11.6 Å². The molecule has 2 aromatic rings. The number of aliphatic hydroxyl groups is 1. The van der Waals surface area contributed by atoms with E-state index in [1.807, 2.05) is 24.9 Å². The van der Waals surface area contributed by atoms with E-state index in [2.05, 4.69) is 15.3 Å². The van der Waals surface area contributed by atoms with E-state index in [4.69, 9.17) is 21.4 Å². The van der Waals surface area contributed by atoms with Crippen LogP contribution in [0.5, 0.6) is 5.88 Å². The molecule has 0 saturated heterocycles. The summed E-state index contributed by atoms with van der Waals surface area (Å²) in [7, 11) is 1.88. The van der Waals surface area contributed by atoms with Crippen LogP contribution in [0.4, 0.5) is 0 Å². The Morgan fingerprint density at radius 1 is 1.45 bits per heavy atom. The maximum Gasteiger partial charge on any atom is 0.270 e. The van der Waals surface area contributed by atoms with E-state index in [1.165, 1.54) is 19.0 Å². The van der Waals surface area contributed by atoms with Gasteiger partial charge < -0.3 is 15.2 Å². The maximum absolute atomic E-state index is 12.4. The molecule has 0 spiro atoms. The van der Waals surface area contributed by atoms with Crippen molar-refractivity contribution in [1.29, 1.82) is 0 Å². The van der Waals surface area contributed by atoms with Crippen LogP contribution < -0.4 is 10.1 Å². The highest BCUT2D eigenvalue weighted by atomic mass is 35.5. The molecule has 166 valence electrons. The molecule has 31 heavy (non-hydrogen) atoms. The molecule has 8 nitrogen and oxygen atoms in total. The average molecular weight is 447 g/mol. The molecule has 1 saturated carbocycles. The third kappa shape index (κ3) is 6.00. The molecule has 0 aromatic carbocycles. The van der Waals surface area contributed by atoms with E-state index in [1.54, 1.807) is 12.3 Å². The number of carbonyl (C=O) groups excluding carboxylic acids is 2. The number of nitrogens with zero attached hydrogens (tertiary/aromatic N) is 3. The molecule has 1 unspecified atom stereocenters. The lowest BCUT2D eigenvalue weighted by atomic mass is 10.0. The van der Waals surface area contributed by atoms with Crippen LogP contribution in [0.3, 0.4) is 0 Å². The summed E-state index contributed by atoms with van der Waals surface area (Å²) < 4.78 is 5.69. The monoisotopic (exact) mass is 446 g/mol. The fourth-order valence-corrected chi connectivity index (χ4v) is 3.36. The zero-order valence-corrected chi connectivity index (χ0v) is 18.4. The molecule has 0 bridgehead atoms. The topological polar surface area (TPSA) is 105 Å². The van der Waals surface area contributed by atoms with E-state index in [9.17, 15) is 9.59 Å². The van der Waals surface area contributed by atoms with Crippen molar-refractivity contribution < 1.29 is 19.4 Å². The number of halogens is 1. The molecule has 0 aliphatic heterocycles. The van der Waals surface area contributed by atoms with Gasteiger partial charge in [-0.05, 0) is 50.4 Å². The molecular weight excluding hydrogens is 420 g/mol. The fraction of sp³-hybridized carbons (Fsp3) is 0.455. The molecule has 1 aliphatic carbocycles. The van der Waals surface area contributed by atoms with Crippen molar-refractivity contribution in [1.82, 2.24) is 20.2 Å². The van der Waals surface area contributed by atoms with Gasteiger partial charge in [-0.2, -0.15) is 0 Å². The van der Waals surface area contributed by atoms with Crippen molar-refractivity contribution >= 4 is 23.8 Å². The van der Waals surface area contributed by atoms with Gasteiger partial charge in [0.25, 0.3) is 5.91 Å². The molecule has 1 fully saturated rings. The Kier molecular flexibility index (Phi) is 7.95. The predicted octanol–water partition coefficient (Wildman–Crippen LogP) is 2.65. The Morgan fingerprint density at radius 2 is 2.23 bits per heavy atom. The predicted molar refractivity (Wildman–Crippen MR) is 116 cm³/mol. The third-order valence-electron chi connectivity index (χ3n) is 5.36. The van der Waals surface area contributed by atoms with Gasteiger partial charge in [0, 0.05) is 42.7 Å². The highest BCUT2D eigenvalue weighted by Crippen LogP contribution is 2.32. The number of hydrogen-bond acceptors (Lipinski definition) is 7. The summed E-state index contributed by atoms with van der Waals surface area (Å²) in [5.41, 5.74) is 1.96. The van der Waals surface area contributed by atoms with Crippen LogP contribution in [0.1, 0.15) is 57.8 Å². The van der Waals surface area contributed by atoms with E-state index in [-0.39, 0.29) is 24.9 Å². The van der Waals surface area contributed by atoms with Gasteiger partial charge >= 0.3 is 0 Å². The molecule has 0 radical (unpaired) electrons. The average Bonchev–Trinajstić information content (AvgIpc) is 3.60. The van der Waals surface area contributed by atoms with Crippen molar-refractivity contribution in [3.63, 3.8) is 0 Å². The second-order valence-corrected chi connectivity index (χ2v) is 8.13. The van der Waals surface area contributed by atoms with Crippen LogP contribution in [-0.4, -0.2) is 59.0 Å². The Morgan fingerprint density at radius 3 is 2.87 bits per heavy atom. The fourth-order valence-electron chi connectivity index (χ4n) is 3.13. The normalized spacial score (nSPS) is 14.4. The Bertz CT molecular complexity index is 936. The number of hydrogen-bond donors (Lipinski definition) is 2. The molecule has 3 rings (SSSR count). The van der Waals surface area contributed by atoms with Gasteiger partial charge in [-0.3, -0.25) is 19.5 Å². The Hall–Kier alpha value is -2.55. The standard InChI is InChI=1S/C22H27ClN4O4/c1-14(17-9-19(23)22(26-10-17)31-13-15-3-4-15)27(2)11-18-16(12-29)5-6-24-20(18)21(30)25-7-8-28/h5-6,9-10,12,14-15,28H,3-4,7-8,11,13H2,1-2H3,(H,25,30). The summed E-state index contributed by atoms with van der Waals surface area (Å²) in [4.78, 5) is 34.5. The summed E-state index contributed by atoms with van der Waals surface area (Å²) in [6.45, 7) is 2.86. The first kappa shape index (κ1) is 23.1. The van der Waals surface area contributed by atoms with Gasteiger partial charge in [-0.15, -0.1) is 0 Å². The van der Waals surface area contributed by atoms with Crippen LogP contribution in [0.25, 0.3) is 0 Å². The highest BCUT2D eigenvalue weighted by molar-refractivity contribution is 6.31. The quantitative estimate of drug-likeness (QED) is 0.511. The van der Waals surface area contributed by atoms with Crippen molar-refractivity contribution in [2.24, 2.45) is 5.92 Å². The van der Waals surface area contributed by atoms with E-state index < -0.39 is 5.91 Å². The van der Waals surface area contributed by atoms with Gasteiger partial charge in [0.05, 0.1) is 13.2 Å². The Balaban J connectivity index is 1.75. The number of aldehydes is 1. The van der Waals surface area contributed by atoms with E-state index in [0.717, 1.165) is 5.56 Å². The highest BCUT2D eigenvalue weighted by Gasteiger charge is 2.24. The number of aromatic nitrogens is 2. The first-order valence-corrected chi connectivity index (χ1v) is 10.6. The van der Waals surface area contributed by atoms with Crippen LogP contribution in [0.2, 0.25) is 5.02 Å². The van der Waals surface area contributed by atoms with Crippen molar-refractivity contribution in [3.05, 3.63) is 51.9 Å². The second-order valence-electron chi connectivity index (χ2n) is 7.73. The van der Waals surface area contributed by atoms with Crippen molar-refractivity contribution in [3.8, 4) is 5.88 Å². The number of pyridine rings is 2. The summed E-state index contributed by atoms with van der Waals surface area (Å²) >= 11 is 6.37. The molecule has 2 heterocycles.